The largest absolute Gasteiger partial charge is 0.466 e. The van der Waals surface area contributed by atoms with Crippen LogP contribution in [-0.2, 0) is 14.3 Å². The van der Waals surface area contributed by atoms with Crippen LogP contribution in [0.25, 0.3) is 0 Å². The Balaban J connectivity index is 3.47. The summed E-state index contributed by atoms with van der Waals surface area (Å²) < 4.78 is 5.46. The number of carbonyl (C=O) groups excluding carboxylic acids is 2. The van der Waals surface area contributed by atoms with Crippen molar-refractivity contribution < 1.29 is 24.5 Å². The third-order valence-corrected chi connectivity index (χ3v) is 14.6. The van der Waals surface area contributed by atoms with E-state index in [1.807, 2.05) is 0 Å². The van der Waals surface area contributed by atoms with E-state index in [-0.39, 0.29) is 18.5 Å². The summed E-state index contributed by atoms with van der Waals surface area (Å²) >= 11 is 0. The molecule has 6 heteroatoms. The van der Waals surface area contributed by atoms with E-state index >= 15 is 0 Å². The van der Waals surface area contributed by atoms with Crippen LogP contribution in [0.2, 0.25) is 0 Å². The molecule has 0 aliphatic carbocycles. The molecule has 0 aromatic heterocycles. The number of esters is 1. The lowest BCUT2D eigenvalue weighted by Crippen LogP contribution is -2.45. The van der Waals surface area contributed by atoms with E-state index in [1.54, 1.807) is 0 Å². The predicted octanol–water partition coefficient (Wildman–Crippen LogP) is 19.2. The molecule has 0 bridgehead atoms. The van der Waals surface area contributed by atoms with Gasteiger partial charge in [-0.15, -0.1) is 0 Å². The Kier molecular flexibility index (Phi) is 57.0. The predicted molar refractivity (Wildman–Crippen MR) is 297 cm³/mol. The van der Waals surface area contributed by atoms with E-state index in [9.17, 15) is 19.8 Å². The maximum Gasteiger partial charge on any atom is 0.305 e. The van der Waals surface area contributed by atoms with Crippen LogP contribution in [0.15, 0.2) is 12.2 Å². The number of rotatable bonds is 58. The summed E-state index contributed by atoms with van der Waals surface area (Å²) in [5, 5.41) is 23.3. The first kappa shape index (κ1) is 66.6. The van der Waals surface area contributed by atoms with Crippen LogP contribution >= 0.6 is 0 Å². The number of aliphatic hydroxyl groups is 2. The van der Waals surface area contributed by atoms with Gasteiger partial charge in [0.25, 0.3) is 0 Å². The molecule has 0 saturated carbocycles. The lowest BCUT2D eigenvalue weighted by Gasteiger charge is -2.22. The van der Waals surface area contributed by atoms with Gasteiger partial charge in [0.2, 0.25) is 5.91 Å². The van der Waals surface area contributed by atoms with E-state index in [1.165, 1.54) is 238 Å². The molecule has 0 radical (unpaired) electrons. The number of aliphatic hydroxyl groups excluding tert-OH is 2. The Morgan fingerprint density at radius 1 is 0.397 bits per heavy atom. The van der Waals surface area contributed by atoms with Crippen LogP contribution in [-0.4, -0.2) is 47.4 Å². The van der Waals surface area contributed by atoms with Gasteiger partial charge in [-0.1, -0.05) is 296 Å². The zero-order valence-corrected chi connectivity index (χ0v) is 46.1. The van der Waals surface area contributed by atoms with E-state index in [2.05, 4.69) is 31.3 Å². The van der Waals surface area contributed by atoms with Gasteiger partial charge in [-0.3, -0.25) is 9.59 Å². The molecular weight excluding hydrogens is 839 g/mol. The smallest absolute Gasteiger partial charge is 0.305 e. The van der Waals surface area contributed by atoms with Crippen molar-refractivity contribution in [1.29, 1.82) is 0 Å². The molecular formula is C62H121NO5. The highest BCUT2D eigenvalue weighted by atomic mass is 16.5. The number of allylic oxidation sites excluding steroid dienone is 2. The second kappa shape index (κ2) is 58.2. The zero-order valence-electron chi connectivity index (χ0n) is 46.1. The molecule has 2 unspecified atom stereocenters. The average molecular weight is 961 g/mol. The molecule has 0 aliphatic heterocycles. The van der Waals surface area contributed by atoms with E-state index in [4.69, 9.17) is 4.74 Å². The quantitative estimate of drug-likeness (QED) is 0.0321. The van der Waals surface area contributed by atoms with Gasteiger partial charge in [-0.25, -0.2) is 0 Å². The van der Waals surface area contributed by atoms with E-state index in [0.717, 1.165) is 77.0 Å². The van der Waals surface area contributed by atoms with Gasteiger partial charge in [0.05, 0.1) is 25.4 Å². The lowest BCUT2D eigenvalue weighted by atomic mass is 10.0. The van der Waals surface area contributed by atoms with Gasteiger partial charge in [0.1, 0.15) is 0 Å². The number of unbranched alkanes of at least 4 members (excludes halogenated alkanes) is 45. The summed E-state index contributed by atoms with van der Waals surface area (Å²) in [5.74, 6) is -0.0970. The van der Waals surface area contributed by atoms with Crippen molar-refractivity contribution in [1.82, 2.24) is 5.32 Å². The molecule has 1 amide bonds. The van der Waals surface area contributed by atoms with Crippen LogP contribution in [0.5, 0.6) is 0 Å². The van der Waals surface area contributed by atoms with Crippen molar-refractivity contribution >= 4 is 11.9 Å². The van der Waals surface area contributed by atoms with Gasteiger partial charge in [-0.05, 0) is 51.4 Å². The first-order valence-corrected chi connectivity index (χ1v) is 30.9. The highest BCUT2D eigenvalue weighted by molar-refractivity contribution is 5.76. The van der Waals surface area contributed by atoms with Crippen molar-refractivity contribution in [3.05, 3.63) is 12.2 Å². The number of ether oxygens (including phenoxy) is 1. The van der Waals surface area contributed by atoms with Gasteiger partial charge in [-0.2, -0.15) is 0 Å². The number of nitrogens with one attached hydrogen (secondary N) is 1. The second-order valence-corrected chi connectivity index (χ2v) is 21.4. The summed E-state index contributed by atoms with van der Waals surface area (Å²) in [6.45, 7) is 4.90. The van der Waals surface area contributed by atoms with Crippen LogP contribution in [0.1, 0.15) is 348 Å². The Labute approximate surface area is 425 Å². The second-order valence-electron chi connectivity index (χ2n) is 21.4. The van der Waals surface area contributed by atoms with Crippen molar-refractivity contribution in [3.63, 3.8) is 0 Å². The fourth-order valence-electron chi connectivity index (χ4n) is 9.81. The van der Waals surface area contributed by atoms with Crippen LogP contribution in [0.4, 0.5) is 0 Å². The summed E-state index contributed by atoms with van der Waals surface area (Å²) in [6, 6.07) is -0.567. The molecule has 404 valence electrons. The fourth-order valence-corrected chi connectivity index (χ4v) is 9.81. The van der Waals surface area contributed by atoms with Crippen molar-refractivity contribution in [2.24, 2.45) is 0 Å². The molecule has 0 spiro atoms. The molecule has 0 saturated heterocycles. The molecule has 0 heterocycles. The average Bonchev–Trinajstić information content (AvgIpc) is 3.34. The van der Waals surface area contributed by atoms with Crippen molar-refractivity contribution in [3.8, 4) is 0 Å². The Hall–Kier alpha value is -1.40. The third-order valence-electron chi connectivity index (χ3n) is 14.6. The molecule has 3 N–H and O–H groups in total. The topological polar surface area (TPSA) is 95.9 Å². The van der Waals surface area contributed by atoms with Gasteiger partial charge >= 0.3 is 5.97 Å². The maximum atomic E-state index is 12.5. The summed E-state index contributed by atoms with van der Waals surface area (Å²) in [7, 11) is 0. The number of carbonyl (C=O) groups is 2. The van der Waals surface area contributed by atoms with Crippen LogP contribution in [0, 0.1) is 0 Å². The van der Waals surface area contributed by atoms with E-state index in [0.29, 0.717) is 25.9 Å². The zero-order chi connectivity index (χ0) is 49.3. The minimum atomic E-state index is -0.686. The number of hydrogen-bond donors (Lipinski definition) is 3. The molecule has 0 rings (SSSR count). The fraction of sp³-hybridized carbons (Fsp3) is 0.935. The Bertz CT molecular complexity index is 1020. The van der Waals surface area contributed by atoms with Crippen LogP contribution in [0.3, 0.4) is 0 Å². The van der Waals surface area contributed by atoms with Gasteiger partial charge < -0.3 is 20.3 Å². The monoisotopic (exact) mass is 960 g/mol. The normalized spacial score (nSPS) is 12.6. The first-order valence-electron chi connectivity index (χ1n) is 30.9. The minimum absolute atomic E-state index is 0.0310. The molecule has 0 fully saturated rings. The van der Waals surface area contributed by atoms with Crippen molar-refractivity contribution in [2.75, 3.05) is 13.2 Å². The van der Waals surface area contributed by atoms with E-state index < -0.39 is 12.1 Å². The SMILES string of the molecule is CCCCCCCCCCCCCCCCCCCCCCCCCCC(O)C(CO)NC(=O)CCCCCC/C=C\CCCCOC(=O)CCCCCCCCCCCCCCCCCCC. The summed E-state index contributed by atoms with van der Waals surface area (Å²) in [4.78, 5) is 24.6. The molecule has 2 atom stereocenters. The summed E-state index contributed by atoms with van der Waals surface area (Å²) in [5.41, 5.74) is 0. The molecule has 68 heavy (non-hydrogen) atoms. The molecule has 0 aromatic carbocycles. The number of amides is 1. The maximum absolute atomic E-state index is 12.5. The highest BCUT2D eigenvalue weighted by Crippen LogP contribution is 2.18. The molecule has 6 nitrogen and oxygen atoms in total. The standard InChI is InChI=1S/C62H121NO5/c1-3-5-7-9-11-13-15-17-19-21-22-23-24-25-26-27-29-30-32-34-38-42-46-50-54-60(65)59(58-64)63-61(66)55-51-47-43-39-36-37-41-45-49-53-57-68-62(67)56-52-48-44-40-35-33-31-28-20-18-16-14-12-10-8-6-4-2/h37,41,59-60,64-65H,3-36,38-40,42-58H2,1-2H3,(H,63,66)/b41-37-. The molecule has 0 aromatic rings. The van der Waals surface area contributed by atoms with Crippen molar-refractivity contribution in [2.45, 2.75) is 360 Å². The molecule has 0 aliphatic rings. The minimum Gasteiger partial charge on any atom is -0.466 e. The van der Waals surface area contributed by atoms with Gasteiger partial charge in [0, 0.05) is 12.8 Å². The third kappa shape index (κ3) is 53.9. The Morgan fingerprint density at radius 2 is 0.691 bits per heavy atom. The van der Waals surface area contributed by atoms with Crippen LogP contribution < -0.4 is 5.32 Å². The summed E-state index contributed by atoms with van der Waals surface area (Å²) in [6.07, 6.45) is 69.4. The lowest BCUT2D eigenvalue weighted by molar-refractivity contribution is -0.143. The highest BCUT2D eigenvalue weighted by Gasteiger charge is 2.20. The number of hydrogen-bond acceptors (Lipinski definition) is 5. The van der Waals surface area contributed by atoms with Gasteiger partial charge in [0.15, 0.2) is 0 Å². The Morgan fingerprint density at radius 3 is 1.04 bits per heavy atom. The first-order chi connectivity index (χ1) is 33.5.